The van der Waals surface area contributed by atoms with Crippen LogP contribution >= 0.6 is 46.6 Å². The minimum absolute atomic E-state index is 0. The van der Waals surface area contributed by atoms with Crippen molar-refractivity contribution in [3.8, 4) is 0 Å². The molecule has 0 saturated heterocycles. The van der Waals surface area contributed by atoms with E-state index in [0.29, 0.717) is 22.0 Å². The fraction of sp³-hybridized carbons (Fsp3) is 0. The second kappa shape index (κ2) is 6.93. The van der Waals surface area contributed by atoms with Crippen LogP contribution in [-0.4, -0.2) is 10.9 Å². The third-order valence-corrected chi connectivity index (χ3v) is 3.27. The van der Waals surface area contributed by atoms with E-state index in [1.165, 1.54) is 12.4 Å². The van der Waals surface area contributed by atoms with Gasteiger partial charge in [0, 0.05) is 9.77 Å². The van der Waals surface area contributed by atoms with E-state index in [2.05, 4.69) is 32.9 Å². The molecule has 0 fully saturated rings. The number of nitrogens with one attached hydrogen (secondary N) is 1. The maximum atomic E-state index is 11.3. The first-order chi connectivity index (χ1) is 8.58. The molecule has 0 unspecified atom stereocenters. The molecular weight excluding hydrogens is 400 g/mol. The molecule has 0 saturated carbocycles. The number of hydrogen-bond acceptors (Lipinski definition) is 3. The van der Waals surface area contributed by atoms with Gasteiger partial charge in [0.1, 0.15) is 0 Å². The fourth-order valence-corrected chi connectivity index (χ4v) is 2.35. The molecule has 1 amide bonds. The maximum absolute atomic E-state index is 11.3. The molecule has 1 aromatic heterocycles. The highest BCUT2D eigenvalue weighted by Crippen LogP contribution is 2.28. The summed E-state index contributed by atoms with van der Waals surface area (Å²) in [5, 5.41) is 3.62. The Bertz CT molecular complexity index is 607. The minimum atomic E-state index is -0.512. The van der Waals surface area contributed by atoms with Crippen LogP contribution in [0.2, 0.25) is 5.02 Å². The van der Waals surface area contributed by atoms with Gasteiger partial charge in [-0.1, -0.05) is 11.6 Å². The van der Waals surface area contributed by atoms with E-state index in [0.717, 1.165) is 3.57 Å². The molecule has 0 aliphatic heterocycles. The van der Waals surface area contributed by atoms with E-state index in [9.17, 15) is 4.79 Å². The van der Waals surface area contributed by atoms with Crippen LogP contribution in [0.25, 0.3) is 0 Å². The summed E-state index contributed by atoms with van der Waals surface area (Å²) in [5.74, 6) is -0.512. The van der Waals surface area contributed by atoms with E-state index in [1.54, 1.807) is 6.07 Å². The molecule has 0 radical (unpaired) electrons. The van der Waals surface area contributed by atoms with Crippen LogP contribution in [-0.2, 0) is 0 Å². The number of hydrogen-bond donors (Lipinski definition) is 2. The Morgan fingerprint density at radius 3 is 2.68 bits per heavy atom. The van der Waals surface area contributed by atoms with Crippen molar-refractivity contribution in [1.29, 1.82) is 0 Å². The van der Waals surface area contributed by atoms with Crippen LogP contribution in [0.4, 0.5) is 11.4 Å². The summed E-state index contributed by atoms with van der Waals surface area (Å²) in [4.78, 5) is 15.2. The van der Waals surface area contributed by atoms with Crippen LogP contribution in [0.5, 0.6) is 0 Å². The largest absolute Gasteiger partial charge is 0.366 e. The second-order valence-corrected chi connectivity index (χ2v) is 5.19. The van der Waals surface area contributed by atoms with Gasteiger partial charge in [-0.25, -0.2) is 0 Å². The smallest absolute Gasteiger partial charge is 0.250 e. The topological polar surface area (TPSA) is 68.0 Å². The Kier molecular flexibility index (Phi) is 5.84. The molecule has 1 aromatic carbocycles. The average Bonchev–Trinajstić information content (AvgIpc) is 2.33. The number of carbonyl (C=O) groups excluding carboxylic acids is 1. The first-order valence-electron chi connectivity index (χ1n) is 5.04. The molecule has 0 aliphatic carbocycles. The van der Waals surface area contributed by atoms with Crippen LogP contribution in [0.1, 0.15) is 10.4 Å². The summed E-state index contributed by atoms with van der Waals surface area (Å²) < 4.78 is 1.03. The standard InChI is InChI=1S/C12H9ClIN3O.ClH/c13-9-5-7(14)1-2-10(9)17-11-6-16-4-3-8(11)12(15)18;/h1-6,17H,(H2,15,18);1H. The summed E-state index contributed by atoms with van der Waals surface area (Å²) in [6.45, 7) is 0. The van der Waals surface area contributed by atoms with Crippen LogP contribution < -0.4 is 11.1 Å². The molecule has 3 N–H and O–H groups in total. The molecule has 100 valence electrons. The molecular formula is C12H10Cl2IN3O. The van der Waals surface area contributed by atoms with Gasteiger partial charge in [0.05, 0.1) is 28.2 Å². The van der Waals surface area contributed by atoms with Crippen molar-refractivity contribution in [2.45, 2.75) is 0 Å². The Hall–Kier alpha value is -1.05. The number of carbonyl (C=O) groups is 1. The number of anilines is 2. The number of halogens is 3. The van der Waals surface area contributed by atoms with Crippen molar-refractivity contribution in [2.75, 3.05) is 5.32 Å². The lowest BCUT2D eigenvalue weighted by molar-refractivity contribution is 0.100. The van der Waals surface area contributed by atoms with Gasteiger partial charge in [-0.05, 0) is 46.9 Å². The summed E-state index contributed by atoms with van der Waals surface area (Å²) in [6, 6.07) is 7.13. The molecule has 19 heavy (non-hydrogen) atoms. The van der Waals surface area contributed by atoms with Crippen molar-refractivity contribution in [3.63, 3.8) is 0 Å². The van der Waals surface area contributed by atoms with Gasteiger partial charge in [-0.3, -0.25) is 9.78 Å². The van der Waals surface area contributed by atoms with Gasteiger partial charge in [-0.2, -0.15) is 0 Å². The highest BCUT2D eigenvalue weighted by Gasteiger charge is 2.09. The molecule has 0 spiro atoms. The number of pyridine rings is 1. The second-order valence-electron chi connectivity index (χ2n) is 3.53. The van der Waals surface area contributed by atoms with E-state index < -0.39 is 5.91 Å². The lowest BCUT2D eigenvalue weighted by Crippen LogP contribution is -2.13. The number of benzene rings is 1. The average molecular weight is 410 g/mol. The van der Waals surface area contributed by atoms with Gasteiger partial charge < -0.3 is 11.1 Å². The zero-order chi connectivity index (χ0) is 13.1. The summed E-state index contributed by atoms with van der Waals surface area (Å²) in [7, 11) is 0. The van der Waals surface area contributed by atoms with Crippen LogP contribution in [0.15, 0.2) is 36.7 Å². The van der Waals surface area contributed by atoms with Crippen LogP contribution in [0, 0.1) is 3.57 Å². The van der Waals surface area contributed by atoms with Gasteiger partial charge in [-0.15, -0.1) is 12.4 Å². The van der Waals surface area contributed by atoms with E-state index in [4.69, 9.17) is 17.3 Å². The zero-order valence-corrected chi connectivity index (χ0v) is 13.3. The third-order valence-electron chi connectivity index (χ3n) is 2.29. The normalized spacial score (nSPS) is 9.58. The van der Waals surface area contributed by atoms with E-state index >= 15 is 0 Å². The summed E-state index contributed by atoms with van der Waals surface area (Å²) >= 11 is 8.28. The highest BCUT2D eigenvalue weighted by atomic mass is 127. The Labute approximate surface area is 135 Å². The number of nitrogens with zero attached hydrogens (tertiary/aromatic N) is 1. The first-order valence-corrected chi connectivity index (χ1v) is 6.49. The molecule has 2 aromatic rings. The van der Waals surface area contributed by atoms with Crippen LogP contribution in [0.3, 0.4) is 0 Å². The predicted octanol–water partition coefficient (Wildman–Crippen LogP) is 3.60. The SMILES string of the molecule is Cl.NC(=O)c1ccncc1Nc1ccc(I)cc1Cl. The van der Waals surface area contributed by atoms with Crippen molar-refractivity contribution in [1.82, 2.24) is 4.98 Å². The third kappa shape index (κ3) is 3.95. The molecule has 0 bridgehead atoms. The monoisotopic (exact) mass is 409 g/mol. The number of nitrogens with two attached hydrogens (primary N) is 1. The number of aromatic nitrogens is 1. The van der Waals surface area contributed by atoms with Gasteiger partial charge in [0.2, 0.25) is 0 Å². The van der Waals surface area contributed by atoms with Crippen molar-refractivity contribution in [3.05, 3.63) is 50.8 Å². The van der Waals surface area contributed by atoms with E-state index in [-0.39, 0.29) is 12.4 Å². The lowest BCUT2D eigenvalue weighted by Gasteiger charge is -2.10. The zero-order valence-electron chi connectivity index (χ0n) is 9.56. The van der Waals surface area contributed by atoms with Crippen molar-refractivity contribution < 1.29 is 4.79 Å². The van der Waals surface area contributed by atoms with Gasteiger partial charge in [0.25, 0.3) is 5.91 Å². The first kappa shape index (κ1) is 16.0. The molecule has 1 heterocycles. The van der Waals surface area contributed by atoms with Crippen molar-refractivity contribution in [2.24, 2.45) is 5.73 Å². The Balaban J connectivity index is 0.00000180. The highest BCUT2D eigenvalue weighted by molar-refractivity contribution is 14.1. The maximum Gasteiger partial charge on any atom is 0.250 e. The molecule has 4 nitrogen and oxygen atoms in total. The lowest BCUT2D eigenvalue weighted by atomic mass is 10.2. The summed E-state index contributed by atoms with van der Waals surface area (Å²) in [6.07, 6.45) is 3.05. The Morgan fingerprint density at radius 1 is 1.32 bits per heavy atom. The van der Waals surface area contributed by atoms with E-state index in [1.807, 2.05) is 18.2 Å². The molecule has 0 aliphatic rings. The predicted molar refractivity (Wildman–Crippen MR) is 87.5 cm³/mol. The van der Waals surface area contributed by atoms with Crippen molar-refractivity contribution >= 4 is 63.9 Å². The minimum Gasteiger partial charge on any atom is -0.366 e. The van der Waals surface area contributed by atoms with Gasteiger partial charge >= 0.3 is 0 Å². The Morgan fingerprint density at radius 2 is 2.05 bits per heavy atom. The van der Waals surface area contributed by atoms with Gasteiger partial charge in [0.15, 0.2) is 0 Å². The quantitative estimate of drug-likeness (QED) is 0.761. The molecule has 0 atom stereocenters. The number of primary amides is 1. The molecule has 7 heteroatoms. The molecule has 2 rings (SSSR count). The number of amides is 1. The summed E-state index contributed by atoms with van der Waals surface area (Å²) in [5.41, 5.74) is 6.90. The number of rotatable bonds is 3. The fourth-order valence-electron chi connectivity index (χ4n) is 1.44.